The molecule has 1 atom stereocenters. The Labute approximate surface area is 95.7 Å². The molecule has 1 aliphatic rings. The van der Waals surface area contributed by atoms with Gasteiger partial charge in [-0.25, -0.2) is 0 Å². The van der Waals surface area contributed by atoms with Crippen molar-refractivity contribution in [2.75, 3.05) is 19.7 Å². The molecule has 1 aromatic rings. The molecule has 0 amide bonds. The van der Waals surface area contributed by atoms with Crippen LogP contribution in [-0.4, -0.2) is 45.3 Å². The zero-order chi connectivity index (χ0) is 11.7. The highest BCUT2D eigenvalue weighted by atomic mass is 16.5. The first-order valence-electron chi connectivity index (χ1n) is 5.66. The Morgan fingerprint density at radius 1 is 1.56 bits per heavy atom. The Hall–Kier alpha value is -1.07. The molecule has 0 radical (unpaired) electrons. The third kappa shape index (κ3) is 2.20. The number of morpholine rings is 1. The van der Waals surface area contributed by atoms with E-state index in [1.165, 1.54) is 0 Å². The first kappa shape index (κ1) is 11.4. The van der Waals surface area contributed by atoms with Crippen molar-refractivity contribution in [3.8, 4) is 5.88 Å². The van der Waals surface area contributed by atoms with Crippen molar-refractivity contribution in [2.24, 2.45) is 7.05 Å². The van der Waals surface area contributed by atoms with E-state index in [1.807, 2.05) is 11.6 Å². The average molecular weight is 225 g/mol. The van der Waals surface area contributed by atoms with E-state index < -0.39 is 0 Å². The summed E-state index contributed by atoms with van der Waals surface area (Å²) < 4.78 is 7.53. The van der Waals surface area contributed by atoms with Gasteiger partial charge in [0.15, 0.2) is 0 Å². The maximum absolute atomic E-state index is 9.34. The lowest BCUT2D eigenvalue weighted by molar-refractivity contribution is -0.0454. The standard InChI is InChI=1S/C11H19N3O2/c1-8(2)14-4-5-16-9(6-14)11-12-10(15)7-13(11)3/h7-9,15H,4-6H2,1-3H3. The van der Waals surface area contributed by atoms with Crippen molar-refractivity contribution >= 4 is 0 Å². The van der Waals surface area contributed by atoms with Crippen molar-refractivity contribution in [1.82, 2.24) is 14.5 Å². The van der Waals surface area contributed by atoms with Crippen LogP contribution in [0.25, 0.3) is 0 Å². The van der Waals surface area contributed by atoms with Crippen molar-refractivity contribution in [1.29, 1.82) is 0 Å². The lowest BCUT2D eigenvalue weighted by Gasteiger charge is -2.35. The second kappa shape index (κ2) is 4.43. The van der Waals surface area contributed by atoms with Crippen LogP contribution in [0.15, 0.2) is 6.20 Å². The van der Waals surface area contributed by atoms with Gasteiger partial charge in [0.25, 0.3) is 0 Å². The summed E-state index contributed by atoms with van der Waals surface area (Å²) in [5, 5.41) is 9.34. The largest absolute Gasteiger partial charge is 0.492 e. The molecule has 2 rings (SSSR count). The number of imidazole rings is 1. The molecule has 0 aliphatic carbocycles. The SMILES string of the molecule is CC(C)N1CCOC(c2nc(O)cn2C)C1. The van der Waals surface area contributed by atoms with Gasteiger partial charge in [-0.05, 0) is 13.8 Å². The van der Waals surface area contributed by atoms with Crippen LogP contribution in [0.4, 0.5) is 0 Å². The number of aromatic nitrogens is 2. The normalized spacial score (nSPS) is 22.9. The minimum Gasteiger partial charge on any atom is -0.492 e. The van der Waals surface area contributed by atoms with Gasteiger partial charge in [-0.1, -0.05) is 0 Å². The van der Waals surface area contributed by atoms with Gasteiger partial charge in [0.05, 0.1) is 12.8 Å². The van der Waals surface area contributed by atoms with Gasteiger partial charge in [0.2, 0.25) is 5.88 Å². The van der Waals surface area contributed by atoms with Crippen molar-refractivity contribution in [3.63, 3.8) is 0 Å². The van der Waals surface area contributed by atoms with E-state index in [4.69, 9.17) is 4.74 Å². The molecule has 1 N–H and O–H groups in total. The molecule has 1 unspecified atom stereocenters. The van der Waals surface area contributed by atoms with Gasteiger partial charge in [0, 0.05) is 26.2 Å². The maximum Gasteiger partial charge on any atom is 0.229 e. The monoisotopic (exact) mass is 225 g/mol. The number of nitrogens with zero attached hydrogens (tertiary/aromatic N) is 3. The lowest BCUT2D eigenvalue weighted by atomic mass is 10.2. The van der Waals surface area contributed by atoms with E-state index >= 15 is 0 Å². The summed E-state index contributed by atoms with van der Waals surface area (Å²) in [6.45, 7) is 6.87. The van der Waals surface area contributed by atoms with Crippen LogP contribution in [-0.2, 0) is 11.8 Å². The van der Waals surface area contributed by atoms with E-state index in [0.717, 1.165) is 25.5 Å². The fraction of sp³-hybridized carbons (Fsp3) is 0.727. The van der Waals surface area contributed by atoms with Crippen LogP contribution >= 0.6 is 0 Å². The van der Waals surface area contributed by atoms with Crippen LogP contribution in [0, 0.1) is 0 Å². The lowest BCUT2D eigenvalue weighted by Crippen LogP contribution is -2.42. The highest BCUT2D eigenvalue weighted by molar-refractivity contribution is 5.10. The van der Waals surface area contributed by atoms with Crippen molar-refractivity contribution < 1.29 is 9.84 Å². The summed E-state index contributed by atoms with van der Waals surface area (Å²) in [6.07, 6.45) is 1.56. The van der Waals surface area contributed by atoms with Crippen LogP contribution in [0.2, 0.25) is 0 Å². The number of aryl methyl sites for hydroxylation is 1. The summed E-state index contributed by atoms with van der Waals surface area (Å²) in [4.78, 5) is 6.46. The van der Waals surface area contributed by atoms with Crippen LogP contribution < -0.4 is 0 Å². The fourth-order valence-electron chi connectivity index (χ4n) is 2.06. The average Bonchev–Trinajstić information content (AvgIpc) is 2.58. The molecule has 1 aromatic heterocycles. The Bertz CT molecular complexity index is 362. The summed E-state index contributed by atoms with van der Waals surface area (Å²) in [6, 6.07) is 0.514. The van der Waals surface area contributed by atoms with E-state index in [9.17, 15) is 5.11 Å². The predicted molar refractivity (Wildman–Crippen MR) is 60.3 cm³/mol. The molecule has 5 heteroatoms. The van der Waals surface area contributed by atoms with Gasteiger partial charge in [0.1, 0.15) is 11.9 Å². The number of ether oxygens (including phenoxy) is 1. The molecular formula is C11H19N3O2. The quantitative estimate of drug-likeness (QED) is 0.812. The summed E-state index contributed by atoms with van der Waals surface area (Å²) in [5.41, 5.74) is 0. The molecule has 16 heavy (non-hydrogen) atoms. The molecule has 0 aromatic carbocycles. The molecule has 0 spiro atoms. The van der Waals surface area contributed by atoms with E-state index in [2.05, 4.69) is 23.7 Å². The predicted octanol–water partition coefficient (Wildman–Crippen LogP) is 0.907. The summed E-state index contributed by atoms with van der Waals surface area (Å²) >= 11 is 0. The van der Waals surface area contributed by atoms with E-state index in [0.29, 0.717) is 6.04 Å². The minimum absolute atomic E-state index is 0.0398. The molecule has 90 valence electrons. The van der Waals surface area contributed by atoms with Gasteiger partial charge in [-0.2, -0.15) is 4.98 Å². The van der Waals surface area contributed by atoms with Crippen LogP contribution in [0.5, 0.6) is 5.88 Å². The van der Waals surface area contributed by atoms with Gasteiger partial charge < -0.3 is 14.4 Å². The molecule has 5 nitrogen and oxygen atoms in total. The third-order valence-corrected chi connectivity index (χ3v) is 3.02. The second-order valence-corrected chi connectivity index (χ2v) is 4.52. The highest BCUT2D eigenvalue weighted by Crippen LogP contribution is 2.23. The molecule has 0 saturated carbocycles. The highest BCUT2D eigenvalue weighted by Gasteiger charge is 2.26. The maximum atomic E-state index is 9.34. The molecular weight excluding hydrogens is 206 g/mol. The van der Waals surface area contributed by atoms with Gasteiger partial charge in [-0.15, -0.1) is 0 Å². The van der Waals surface area contributed by atoms with E-state index in [1.54, 1.807) is 6.20 Å². The number of hydrogen-bond donors (Lipinski definition) is 1. The minimum atomic E-state index is -0.0398. The van der Waals surface area contributed by atoms with Crippen molar-refractivity contribution in [2.45, 2.75) is 26.0 Å². The number of aromatic hydroxyl groups is 1. The van der Waals surface area contributed by atoms with Crippen LogP contribution in [0.1, 0.15) is 25.8 Å². The number of rotatable bonds is 2. The summed E-state index contributed by atoms with van der Waals surface area (Å²) in [7, 11) is 1.87. The Kier molecular flexibility index (Phi) is 3.16. The Morgan fingerprint density at radius 3 is 2.88 bits per heavy atom. The molecule has 2 heterocycles. The second-order valence-electron chi connectivity index (χ2n) is 4.52. The smallest absolute Gasteiger partial charge is 0.229 e. The third-order valence-electron chi connectivity index (χ3n) is 3.02. The van der Waals surface area contributed by atoms with E-state index in [-0.39, 0.29) is 12.0 Å². The van der Waals surface area contributed by atoms with Gasteiger partial charge >= 0.3 is 0 Å². The molecule has 0 bridgehead atoms. The first-order valence-corrected chi connectivity index (χ1v) is 5.66. The molecule has 1 fully saturated rings. The Balaban J connectivity index is 2.12. The fourth-order valence-corrected chi connectivity index (χ4v) is 2.06. The Morgan fingerprint density at radius 2 is 2.31 bits per heavy atom. The number of hydrogen-bond acceptors (Lipinski definition) is 4. The molecule has 1 aliphatic heterocycles. The van der Waals surface area contributed by atoms with Crippen LogP contribution in [0.3, 0.4) is 0 Å². The first-order chi connectivity index (χ1) is 7.58. The zero-order valence-corrected chi connectivity index (χ0v) is 10.1. The van der Waals surface area contributed by atoms with Gasteiger partial charge in [-0.3, -0.25) is 4.90 Å². The summed E-state index contributed by atoms with van der Waals surface area (Å²) in [5.74, 6) is 0.852. The van der Waals surface area contributed by atoms with Crippen molar-refractivity contribution in [3.05, 3.63) is 12.0 Å². The topological polar surface area (TPSA) is 50.5 Å². The zero-order valence-electron chi connectivity index (χ0n) is 10.1. The molecule has 1 saturated heterocycles.